The van der Waals surface area contributed by atoms with E-state index in [-0.39, 0.29) is 155 Å². The Balaban J connectivity index is 0.000000212. The molecule has 0 spiro atoms. The summed E-state index contributed by atoms with van der Waals surface area (Å²) < 4.78 is 26.9. The second-order valence-electron chi connectivity index (χ2n) is 45.5. The van der Waals surface area contributed by atoms with Crippen LogP contribution in [-0.4, -0.2) is 109 Å². The summed E-state index contributed by atoms with van der Waals surface area (Å²) in [5, 5.41) is 39.1. The summed E-state index contributed by atoms with van der Waals surface area (Å²) in [6.07, 6.45) is 24.4. The number of phenolic OH excluding ortho intramolecular Hbond substituents is 2. The van der Waals surface area contributed by atoms with Crippen LogP contribution < -0.4 is 48.9 Å². The van der Waals surface area contributed by atoms with Crippen LogP contribution >= 0.6 is 63.7 Å². The fraction of sp³-hybridized carbons (Fsp3) is 0.593. The highest BCUT2D eigenvalue weighted by Crippen LogP contribution is 2.67. The van der Waals surface area contributed by atoms with Crippen LogP contribution in [0.2, 0.25) is 0 Å². The van der Waals surface area contributed by atoms with Gasteiger partial charge in [-0.05, 0) is 299 Å². The number of anilines is 2. The van der Waals surface area contributed by atoms with Gasteiger partial charge in [0.1, 0.15) is 22.9 Å². The smallest absolute Gasteiger partial charge is 0.407 e. The maximum Gasteiger partial charge on any atom is 0.407 e. The molecule has 8 fully saturated rings. The summed E-state index contributed by atoms with van der Waals surface area (Å²) in [6, 6.07) is 26.7. The second-order valence-corrected chi connectivity index (χ2v) is 48.9. The number of aromatic hydroxyl groups is 2. The average Bonchev–Trinajstić information content (AvgIpc) is 0.736. The first kappa shape index (κ1) is 102. The molecule has 9 N–H and O–H groups in total. The molecule has 720 valence electrons. The minimum atomic E-state index is -0.493. The number of nitrogens with two attached hydrogens (primary N) is 1. The van der Waals surface area contributed by atoms with Gasteiger partial charge in [0.25, 0.3) is 0 Å². The number of rotatable bonds is 22. The number of hydrogen-bond acceptors (Lipinski definition) is 15. The van der Waals surface area contributed by atoms with E-state index in [1.54, 1.807) is 60.7 Å². The van der Waals surface area contributed by atoms with E-state index in [0.717, 1.165) is 116 Å². The molecule has 0 aliphatic heterocycles. The van der Waals surface area contributed by atoms with Gasteiger partial charge in [-0.2, -0.15) is 0 Å². The van der Waals surface area contributed by atoms with Gasteiger partial charge in [-0.25, -0.2) is 19.2 Å². The zero-order valence-electron chi connectivity index (χ0n) is 80.1. The third-order valence-corrected chi connectivity index (χ3v) is 36.4. The Labute approximate surface area is 831 Å². The molecule has 6 aromatic carbocycles. The molecule has 0 saturated heterocycles. The van der Waals surface area contributed by atoms with Gasteiger partial charge in [-0.15, -0.1) is 0 Å². The van der Waals surface area contributed by atoms with Crippen molar-refractivity contribution in [2.75, 3.05) is 44.8 Å². The number of phenols is 2. The molecule has 10 aliphatic carbocycles. The fourth-order valence-electron chi connectivity index (χ4n) is 28.1. The molecule has 6 aromatic rings. The van der Waals surface area contributed by atoms with Crippen LogP contribution in [0.3, 0.4) is 0 Å². The quantitative estimate of drug-likeness (QED) is 0.0178. The van der Waals surface area contributed by atoms with E-state index >= 15 is 0 Å². The standard InChI is InChI=1S/2C54H69Br2N3O7.BrH/c2*1-31(2)32-13-15-38-33(23-32)14-18-44-53(6,20-10-21-54(38,44)7)30-66-49(63)57-29-52(5)27-35(26-51(3,4)28-52)58-50(64)65-22-19-34-24-42(40(56)25-39(34)55)59-41-16-17-43(60)46-45(41)47(61)36-11-8-9-12-37(36)48(46)62;/h2*8-9,11-12,16-17,24-25,31-33,35,38,44,59-60H,10,13-15,18-23,26-30H2,1-7H3,(H,57,63)(H,58,64);1H. The SMILES string of the molecule is CC(C)C1CCC2C(CCC3C(C)(COC(=O)NCC4(C)CC(NC(=O)OCCc5cc(Nc6ccc(O)c7c6C(=O)c6ccccc6C7=O)c(Br)cc5Br)CC(C)(C)C4)CCCC23C)C1.CC(C)C1CCC2C(CCC3C(C)(COC(=O)NCC4(C)CC(NC(=O)OCCc5cc([NH2+]c6ccc(O)c7c6C(=O)c6ccccc6C7=O)c(Br)cc5Br)CC(C)(C)C4)CCCC23C)C1.[Br-]. The molecule has 16 unspecified atom stereocenters. The number of fused-ring (bicyclic) bond motifs is 10. The molecule has 0 bridgehead atoms. The summed E-state index contributed by atoms with van der Waals surface area (Å²) in [5.74, 6) is 5.68. The van der Waals surface area contributed by atoms with Crippen LogP contribution in [0.25, 0.3) is 0 Å². The molecular formula is C108H139Br5N6O14. The highest BCUT2D eigenvalue weighted by atomic mass is 79.9. The van der Waals surface area contributed by atoms with Crippen molar-refractivity contribution in [3.05, 3.63) is 171 Å². The van der Waals surface area contributed by atoms with Gasteiger partial charge in [-0.1, -0.05) is 190 Å². The van der Waals surface area contributed by atoms with Crippen LogP contribution in [-0.2, 0) is 31.8 Å². The number of alkyl carbamates (subject to hydrolysis) is 4. The zero-order chi connectivity index (χ0) is 94.7. The van der Waals surface area contributed by atoms with Crippen LogP contribution in [0.5, 0.6) is 11.5 Å². The van der Waals surface area contributed by atoms with E-state index in [9.17, 15) is 48.6 Å². The van der Waals surface area contributed by atoms with E-state index in [1.807, 2.05) is 29.6 Å². The molecule has 20 nitrogen and oxygen atoms in total. The Morgan fingerprint density at radius 2 is 0.857 bits per heavy atom. The van der Waals surface area contributed by atoms with Crippen molar-refractivity contribution < 1.29 is 89.8 Å². The first-order valence-corrected chi connectivity index (χ1v) is 51.9. The first-order valence-electron chi connectivity index (χ1n) is 48.7. The molecule has 16 rings (SSSR count). The van der Waals surface area contributed by atoms with Crippen LogP contribution in [0.1, 0.15) is 313 Å². The van der Waals surface area contributed by atoms with Crippen LogP contribution in [0.15, 0.2) is 115 Å². The van der Waals surface area contributed by atoms with Gasteiger partial charge in [0.15, 0.2) is 17.3 Å². The predicted octanol–water partition coefficient (Wildman–Crippen LogP) is 22.4. The maximum atomic E-state index is 13.7. The number of quaternary nitrogens is 1. The predicted molar refractivity (Wildman–Crippen MR) is 529 cm³/mol. The molecule has 4 amide bonds. The Bertz CT molecular complexity index is 5100. The summed E-state index contributed by atoms with van der Waals surface area (Å²) >= 11 is 14.6. The lowest BCUT2D eigenvalue weighted by Gasteiger charge is -2.61. The zero-order valence-corrected chi connectivity index (χ0v) is 88.1. The molecule has 8 saturated carbocycles. The lowest BCUT2D eigenvalue weighted by atomic mass is 9.44. The third-order valence-electron chi connectivity index (χ3n) is 33.6. The summed E-state index contributed by atoms with van der Waals surface area (Å²) in [4.78, 5) is 108. The minimum absolute atomic E-state index is 0. The largest absolute Gasteiger partial charge is 1.00 e. The number of carbonyl (C=O) groups excluding carboxylic acids is 8. The fourth-order valence-corrected chi connectivity index (χ4v) is 30.7. The Hall–Kier alpha value is -7.16. The Morgan fingerprint density at radius 3 is 1.31 bits per heavy atom. The van der Waals surface area contributed by atoms with Crippen molar-refractivity contribution in [1.29, 1.82) is 0 Å². The Kier molecular flexibility index (Phi) is 31.1. The lowest BCUT2D eigenvalue weighted by Crippen LogP contribution is -3.00. The van der Waals surface area contributed by atoms with Gasteiger partial charge < -0.3 is 72.7 Å². The molecule has 0 radical (unpaired) electrons. The maximum absolute atomic E-state index is 13.7. The second kappa shape index (κ2) is 40.7. The molecule has 133 heavy (non-hydrogen) atoms. The van der Waals surface area contributed by atoms with Crippen molar-refractivity contribution in [2.45, 2.75) is 263 Å². The summed E-state index contributed by atoms with van der Waals surface area (Å²) in [5.41, 5.74) is 5.30. The molecular weight excluding hydrogens is 2000 g/mol. The van der Waals surface area contributed by atoms with Gasteiger partial charge in [0.2, 0.25) is 5.78 Å². The third kappa shape index (κ3) is 22.0. The molecule has 25 heteroatoms. The van der Waals surface area contributed by atoms with E-state index in [2.05, 4.69) is 187 Å². The van der Waals surface area contributed by atoms with Gasteiger partial charge in [0.05, 0.1) is 64.5 Å². The number of amides is 4. The van der Waals surface area contributed by atoms with Crippen molar-refractivity contribution in [1.82, 2.24) is 21.3 Å². The van der Waals surface area contributed by atoms with Crippen LogP contribution in [0, 0.1) is 102 Å². The summed E-state index contributed by atoms with van der Waals surface area (Å²) in [6.45, 7) is 34.8. The van der Waals surface area contributed by atoms with Crippen molar-refractivity contribution in [3.63, 3.8) is 0 Å². The van der Waals surface area contributed by atoms with E-state index in [0.29, 0.717) is 102 Å². The number of ether oxygens (including phenoxy) is 4. The molecule has 10 aliphatic rings. The number of halogens is 5. The minimum Gasteiger partial charge on any atom is -1.00 e. The van der Waals surface area contributed by atoms with Crippen molar-refractivity contribution in [2.24, 2.45) is 102 Å². The number of nitrogens with one attached hydrogen (secondary N) is 5. The van der Waals surface area contributed by atoms with Crippen molar-refractivity contribution >= 4 is 134 Å². The average molecular weight is 2140 g/mol. The van der Waals surface area contributed by atoms with Gasteiger partial charge >= 0.3 is 24.4 Å². The van der Waals surface area contributed by atoms with Gasteiger partial charge in [-0.3, -0.25) is 24.5 Å². The number of benzene rings is 6. The van der Waals surface area contributed by atoms with E-state index in [1.165, 1.54) is 102 Å². The summed E-state index contributed by atoms with van der Waals surface area (Å²) in [7, 11) is 0. The lowest BCUT2D eigenvalue weighted by molar-refractivity contribution is -0.479. The van der Waals surface area contributed by atoms with Gasteiger partial charge in [0, 0.05) is 96.6 Å². The molecule has 0 heterocycles. The van der Waals surface area contributed by atoms with Crippen molar-refractivity contribution in [3.8, 4) is 11.5 Å². The molecule has 16 atom stereocenters. The molecule has 0 aromatic heterocycles. The monoisotopic (exact) mass is 2140 g/mol. The van der Waals surface area contributed by atoms with Crippen LogP contribution in [0.4, 0.5) is 41.9 Å². The topological polar surface area (TPSA) is 291 Å². The number of ketones is 4. The van der Waals surface area contributed by atoms with E-state index < -0.39 is 18.0 Å². The van der Waals surface area contributed by atoms with E-state index in [4.69, 9.17) is 18.9 Å². The number of carbonyl (C=O) groups is 8. The Morgan fingerprint density at radius 1 is 0.444 bits per heavy atom. The normalized spacial score (nSPS) is 29.8. The first-order chi connectivity index (χ1) is 62.4. The highest BCUT2D eigenvalue weighted by Gasteiger charge is 2.60. The highest BCUT2D eigenvalue weighted by molar-refractivity contribution is 9.11. The number of hydrogen-bond donors (Lipinski definition) is 8.